The van der Waals surface area contributed by atoms with Crippen molar-refractivity contribution < 1.29 is 9.53 Å². The first-order valence-electron chi connectivity index (χ1n) is 7.05. The number of hydrogen-bond donors (Lipinski definition) is 0. The highest BCUT2D eigenvalue weighted by Crippen LogP contribution is 2.23. The summed E-state index contributed by atoms with van der Waals surface area (Å²) in [6.07, 6.45) is 3.42. The van der Waals surface area contributed by atoms with Gasteiger partial charge in [0, 0.05) is 12.4 Å². The van der Waals surface area contributed by atoms with Crippen molar-refractivity contribution in [2.45, 2.75) is 6.61 Å². The molecule has 0 fully saturated rings. The van der Waals surface area contributed by atoms with Gasteiger partial charge in [-0.1, -0.05) is 48.5 Å². The van der Waals surface area contributed by atoms with Crippen LogP contribution >= 0.6 is 0 Å². The van der Waals surface area contributed by atoms with Gasteiger partial charge in [-0.3, -0.25) is 4.98 Å². The molecule has 3 rings (SSSR count). The predicted octanol–water partition coefficient (Wildman–Crippen LogP) is 4.11. The molecule has 2 aromatic carbocycles. The zero-order chi connectivity index (χ0) is 15.2. The zero-order valence-corrected chi connectivity index (χ0v) is 12.0. The summed E-state index contributed by atoms with van der Waals surface area (Å²) in [7, 11) is 0. The standard InChI is InChI=1S/C19H15NO2/c21-19(22-14-15-6-2-1-3-7-15)18-9-5-4-8-17(18)16-10-12-20-13-11-16/h1-13H,14H2. The van der Waals surface area contributed by atoms with Crippen molar-refractivity contribution in [3.63, 3.8) is 0 Å². The second kappa shape index (κ2) is 6.68. The Bertz CT molecular complexity index is 755. The molecule has 0 N–H and O–H groups in total. The number of benzene rings is 2. The van der Waals surface area contributed by atoms with Gasteiger partial charge < -0.3 is 4.74 Å². The zero-order valence-electron chi connectivity index (χ0n) is 12.0. The summed E-state index contributed by atoms with van der Waals surface area (Å²) in [5, 5.41) is 0. The van der Waals surface area contributed by atoms with Gasteiger partial charge in [0.25, 0.3) is 0 Å². The van der Waals surface area contributed by atoms with Gasteiger partial charge in [-0.2, -0.15) is 0 Å². The largest absolute Gasteiger partial charge is 0.457 e. The molecule has 0 aliphatic rings. The molecule has 0 aliphatic heterocycles. The third-order valence-electron chi connectivity index (χ3n) is 3.35. The molecule has 0 aliphatic carbocycles. The summed E-state index contributed by atoms with van der Waals surface area (Å²) in [5.41, 5.74) is 3.33. The molecule has 0 atom stereocenters. The molecule has 22 heavy (non-hydrogen) atoms. The first-order chi connectivity index (χ1) is 10.8. The molecule has 0 saturated carbocycles. The van der Waals surface area contributed by atoms with Gasteiger partial charge in [0.1, 0.15) is 6.61 Å². The highest BCUT2D eigenvalue weighted by atomic mass is 16.5. The molecule has 3 aromatic rings. The number of hydrogen-bond acceptors (Lipinski definition) is 3. The van der Waals surface area contributed by atoms with Crippen LogP contribution in [0.4, 0.5) is 0 Å². The summed E-state index contributed by atoms with van der Waals surface area (Å²) >= 11 is 0. The number of carbonyl (C=O) groups is 1. The Kier molecular flexibility index (Phi) is 4.25. The number of ether oxygens (including phenoxy) is 1. The average molecular weight is 289 g/mol. The smallest absolute Gasteiger partial charge is 0.339 e. The Labute approximate surface area is 129 Å². The molecule has 108 valence electrons. The third-order valence-corrected chi connectivity index (χ3v) is 3.35. The van der Waals surface area contributed by atoms with E-state index < -0.39 is 0 Å². The molecule has 0 bridgehead atoms. The molecule has 0 spiro atoms. The van der Waals surface area contributed by atoms with Crippen LogP contribution in [0.15, 0.2) is 79.1 Å². The molecular weight excluding hydrogens is 274 g/mol. The summed E-state index contributed by atoms with van der Waals surface area (Å²) in [4.78, 5) is 16.4. The minimum atomic E-state index is -0.323. The molecule has 1 heterocycles. The first-order valence-corrected chi connectivity index (χ1v) is 7.05. The summed E-state index contributed by atoms with van der Waals surface area (Å²) in [6.45, 7) is 0.268. The molecule has 0 saturated heterocycles. The highest BCUT2D eigenvalue weighted by Gasteiger charge is 2.13. The van der Waals surface area contributed by atoms with Crippen LogP contribution in [0.2, 0.25) is 0 Å². The monoisotopic (exact) mass is 289 g/mol. The van der Waals surface area contributed by atoms with E-state index in [1.807, 2.05) is 60.7 Å². The Morgan fingerprint density at radius 3 is 2.32 bits per heavy atom. The summed E-state index contributed by atoms with van der Waals surface area (Å²) in [6, 6.07) is 20.8. The maximum absolute atomic E-state index is 12.4. The minimum absolute atomic E-state index is 0.268. The molecule has 0 unspecified atom stereocenters. The Balaban J connectivity index is 1.81. The van der Waals surface area contributed by atoms with Gasteiger partial charge in [0.15, 0.2) is 0 Å². The molecule has 3 heteroatoms. The van der Waals surface area contributed by atoms with Crippen molar-refractivity contribution in [2.24, 2.45) is 0 Å². The van der Waals surface area contributed by atoms with E-state index in [0.717, 1.165) is 16.7 Å². The van der Waals surface area contributed by atoms with Gasteiger partial charge in [-0.25, -0.2) is 4.79 Å². The Morgan fingerprint density at radius 1 is 0.864 bits per heavy atom. The van der Waals surface area contributed by atoms with Crippen molar-refractivity contribution in [2.75, 3.05) is 0 Å². The fraction of sp³-hybridized carbons (Fsp3) is 0.0526. The van der Waals surface area contributed by atoms with Crippen LogP contribution in [-0.2, 0) is 11.3 Å². The maximum Gasteiger partial charge on any atom is 0.339 e. The quantitative estimate of drug-likeness (QED) is 0.679. The second-order valence-electron chi connectivity index (χ2n) is 4.84. The number of rotatable bonds is 4. The van der Waals surface area contributed by atoms with Gasteiger partial charge in [0.2, 0.25) is 0 Å². The molecule has 0 radical (unpaired) electrons. The van der Waals surface area contributed by atoms with Crippen molar-refractivity contribution in [3.8, 4) is 11.1 Å². The highest BCUT2D eigenvalue weighted by molar-refractivity contribution is 5.97. The number of pyridine rings is 1. The van der Waals surface area contributed by atoms with Gasteiger partial charge in [-0.15, -0.1) is 0 Å². The molecule has 0 amide bonds. The lowest BCUT2D eigenvalue weighted by Gasteiger charge is -2.09. The van der Waals surface area contributed by atoms with Crippen molar-refractivity contribution in [1.29, 1.82) is 0 Å². The lowest BCUT2D eigenvalue weighted by atomic mass is 10.0. The van der Waals surface area contributed by atoms with E-state index in [2.05, 4.69) is 4.98 Å². The van der Waals surface area contributed by atoms with Gasteiger partial charge in [0.05, 0.1) is 5.56 Å². The van der Waals surface area contributed by atoms with E-state index in [-0.39, 0.29) is 12.6 Å². The van der Waals surface area contributed by atoms with Crippen molar-refractivity contribution in [3.05, 3.63) is 90.3 Å². The van der Waals surface area contributed by atoms with E-state index in [4.69, 9.17) is 4.74 Å². The number of esters is 1. The Morgan fingerprint density at radius 2 is 1.55 bits per heavy atom. The van der Waals surface area contributed by atoms with Crippen LogP contribution in [-0.4, -0.2) is 11.0 Å². The predicted molar refractivity (Wildman–Crippen MR) is 85.2 cm³/mol. The minimum Gasteiger partial charge on any atom is -0.457 e. The number of aromatic nitrogens is 1. The van der Waals surface area contributed by atoms with Gasteiger partial charge in [-0.05, 0) is 34.9 Å². The number of nitrogens with zero attached hydrogens (tertiary/aromatic N) is 1. The van der Waals surface area contributed by atoms with E-state index in [1.54, 1.807) is 18.5 Å². The normalized spacial score (nSPS) is 10.2. The SMILES string of the molecule is O=C(OCc1ccccc1)c1ccccc1-c1ccncc1. The van der Waals surface area contributed by atoms with Crippen LogP contribution < -0.4 is 0 Å². The fourth-order valence-corrected chi connectivity index (χ4v) is 2.25. The molecule has 3 nitrogen and oxygen atoms in total. The number of carbonyl (C=O) groups excluding carboxylic acids is 1. The van der Waals surface area contributed by atoms with Crippen molar-refractivity contribution in [1.82, 2.24) is 4.98 Å². The van der Waals surface area contributed by atoms with E-state index in [9.17, 15) is 4.79 Å². The van der Waals surface area contributed by atoms with Crippen LogP contribution in [0.5, 0.6) is 0 Å². The first kappa shape index (κ1) is 14.0. The lowest BCUT2D eigenvalue weighted by molar-refractivity contribution is 0.0473. The van der Waals surface area contributed by atoms with Crippen LogP contribution in [0.25, 0.3) is 11.1 Å². The van der Waals surface area contributed by atoms with E-state index >= 15 is 0 Å². The lowest BCUT2D eigenvalue weighted by Crippen LogP contribution is -2.06. The average Bonchev–Trinajstić information content (AvgIpc) is 2.61. The Hall–Kier alpha value is -2.94. The van der Waals surface area contributed by atoms with E-state index in [0.29, 0.717) is 5.56 Å². The molecular formula is C19H15NO2. The third kappa shape index (κ3) is 3.20. The van der Waals surface area contributed by atoms with Crippen LogP contribution in [0.3, 0.4) is 0 Å². The van der Waals surface area contributed by atoms with Crippen molar-refractivity contribution >= 4 is 5.97 Å². The topological polar surface area (TPSA) is 39.2 Å². The maximum atomic E-state index is 12.4. The summed E-state index contributed by atoms with van der Waals surface area (Å²) in [5.74, 6) is -0.323. The van der Waals surface area contributed by atoms with E-state index in [1.165, 1.54) is 0 Å². The second-order valence-corrected chi connectivity index (χ2v) is 4.84. The fourth-order valence-electron chi connectivity index (χ4n) is 2.25. The molecule has 1 aromatic heterocycles. The van der Waals surface area contributed by atoms with Crippen LogP contribution in [0, 0.1) is 0 Å². The van der Waals surface area contributed by atoms with Crippen LogP contribution in [0.1, 0.15) is 15.9 Å². The van der Waals surface area contributed by atoms with Gasteiger partial charge >= 0.3 is 5.97 Å². The summed E-state index contributed by atoms with van der Waals surface area (Å²) < 4.78 is 5.42.